The largest absolute Gasteiger partial charge is 0.489 e. The number of halogens is 1. The van der Waals surface area contributed by atoms with Crippen molar-refractivity contribution in [2.45, 2.75) is 25.3 Å². The number of carbonyl (C=O) groups is 2. The van der Waals surface area contributed by atoms with E-state index in [2.05, 4.69) is 15.2 Å². The maximum Gasteiger partial charge on any atom is 0.312 e. The Kier molecular flexibility index (Phi) is 6.63. The van der Waals surface area contributed by atoms with Gasteiger partial charge in [0.2, 0.25) is 11.6 Å². The van der Waals surface area contributed by atoms with Gasteiger partial charge in [0, 0.05) is 27.7 Å². The second-order valence-electron chi connectivity index (χ2n) is 8.38. The van der Waals surface area contributed by atoms with Gasteiger partial charge in [0.15, 0.2) is 5.69 Å². The highest BCUT2D eigenvalue weighted by Gasteiger charge is 2.37. The van der Waals surface area contributed by atoms with Crippen LogP contribution in [0.25, 0.3) is 11.6 Å². The predicted octanol–water partition coefficient (Wildman–Crippen LogP) is 1.32. The number of methoxy groups -OCH3 is 1. The van der Waals surface area contributed by atoms with E-state index >= 15 is 0 Å². The number of hydrogen-bond acceptors (Lipinski definition) is 8. The van der Waals surface area contributed by atoms with Gasteiger partial charge < -0.3 is 19.0 Å². The summed E-state index contributed by atoms with van der Waals surface area (Å²) in [5.41, 5.74) is 0.308. The first kappa shape index (κ1) is 24.0. The molecule has 0 bridgehead atoms. The van der Waals surface area contributed by atoms with Crippen LogP contribution in [0.2, 0.25) is 0 Å². The number of nitrogens with zero attached hydrogens (tertiary/aromatic N) is 6. The highest BCUT2D eigenvalue weighted by molar-refractivity contribution is 6.34. The Morgan fingerprint density at radius 1 is 1.23 bits per heavy atom. The van der Waals surface area contributed by atoms with Gasteiger partial charge in [-0.25, -0.2) is 9.37 Å². The van der Waals surface area contributed by atoms with Crippen LogP contribution in [0.3, 0.4) is 0 Å². The smallest absolute Gasteiger partial charge is 0.312 e. The van der Waals surface area contributed by atoms with Crippen molar-refractivity contribution in [1.29, 1.82) is 0 Å². The minimum atomic E-state index is -0.663. The summed E-state index contributed by atoms with van der Waals surface area (Å²) in [5, 5.41) is 8.05. The SMILES string of the molecule is COc1c(-c2nnc(Cc3ccc(F)cc3)o2)nc([C@@H]2CCCN2C(=O)C(=O)N(C)C)n(C)c1=O. The van der Waals surface area contributed by atoms with Crippen molar-refractivity contribution in [2.75, 3.05) is 27.7 Å². The van der Waals surface area contributed by atoms with Gasteiger partial charge in [-0.1, -0.05) is 12.1 Å². The van der Waals surface area contributed by atoms with Crippen molar-refractivity contribution in [3.8, 4) is 17.3 Å². The Balaban J connectivity index is 1.72. The lowest BCUT2D eigenvalue weighted by Crippen LogP contribution is -2.43. The summed E-state index contributed by atoms with van der Waals surface area (Å²) in [6.45, 7) is 0.364. The molecule has 0 N–H and O–H groups in total. The molecule has 4 rings (SSSR count). The summed E-state index contributed by atoms with van der Waals surface area (Å²) in [5.74, 6) is -1.27. The lowest BCUT2D eigenvalue weighted by Gasteiger charge is -2.26. The fourth-order valence-corrected chi connectivity index (χ4v) is 4.01. The van der Waals surface area contributed by atoms with Crippen molar-refractivity contribution >= 4 is 11.8 Å². The van der Waals surface area contributed by atoms with Gasteiger partial charge in [-0.05, 0) is 30.5 Å². The van der Waals surface area contributed by atoms with E-state index in [1.807, 2.05) is 0 Å². The number of rotatable bonds is 5. The van der Waals surface area contributed by atoms with Crippen LogP contribution in [-0.2, 0) is 23.1 Å². The van der Waals surface area contributed by atoms with Crippen molar-refractivity contribution in [2.24, 2.45) is 7.05 Å². The van der Waals surface area contributed by atoms with Gasteiger partial charge in [-0.2, -0.15) is 0 Å². The first-order chi connectivity index (χ1) is 16.7. The third-order valence-corrected chi connectivity index (χ3v) is 5.83. The molecule has 0 spiro atoms. The first-order valence-corrected chi connectivity index (χ1v) is 11.0. The molecule has 35 heavy (non-hydrogen) atoms. The van der Waals surface area contributed by atoms with Crippen molar-refractivity contribution in [3.63, 3.8) is 0 Å². The molecule has 1 atom stereocenters. The Morgan fingerprint density at radius 3 is 2.60 bits per heavy atom. The van der Waals surface area contributed by atoms with Crippen LogP contribution in [0.4, 0.5) is 4.39 Å². The number of likely N-dealkylation sites (tertiary alicyclic amines) is 1. The van der Waals surface area contributed by atoms with Gasteiger partial charge in [0.25, 0.3) is 11.4 Å². The summed E-state index contributed by atoms with van der Waals surface area (Å²) < 4.78 is 25.5. The molecule has 1 aromatic carbocycles. The first-order valence-electron chi connectivity index (χ1n) is 11.0. The Bertz CT molecular complexity index is 1320. The molecule has 11 nitrogen and oxygen atoms in total. The van der Waals surface area contributed by atoms with Crippen LogP contribution >= 0.6 is 0 Å². The van der Waals surface area contributed by atoms with Crippen LogP contribution in [0, 0.1) is 5.82 Å². The van der Waals surface area contributed by atoms with E-state index in [1.54, 1.807) is 12.1 Å². The highest BCUT2D eigenvalue weighted by Crippen LogP contribution is 2.33. The van der Waals surface area contributed by atoms with Crippen molar-refractivity contribution in [3.05, 3.63) is 57.7 Å². The highest BCUT2D eigenvalue weighted by atomic mass is 19.1. The molecule has 3 heterocycles. The molecule has 0 radical (unpaired) electrons. The van der Waals surface area contributed by atoms with Crippen molar-refractivity contribution < 1.29 is 23.1 Å². The average molecular weight is 484 g/mol. The quantitative estimate of drug-likeness (QED) is 0.497. The zero-order valence-corrected chi connectivity index (χ0v) is 19.8. The monoisotopic (exact) mass is 484 g/mol. The van der Waals surface area contributed by atoms with E-state index < -0.39 is 23.4 Å². The minimum Gasteiger partial charge on any atom is -0.489 e. The van der Waals surface area contributed by atoms with E-state index in [0.29, 0.717) is 19.4 Å². The molecule has 1 fully saturated rings. The molecule has 1 aliphatic heterocycles. The van der Waals surface area contributed by atoms with Gasteiger partial charge in [0.05, 0.1) is 19.6 Å². The fraction of sp³-hybridized carbons (Fsp3) is 0.391. The number of ether oxygens (including phenoxy) is 1. The number of hydrogen-bond donors (Lipinski definition) is 0. The van der Waals surface area contributed by atoms with E-state index in [9.17, 15) is 18.8 Å². The Morgan fingerprint density at radius 2 is 1.94 bits per heavy atom. The molecule has 2 aromatic heterocycles. The molecular formula is C23H25FN6O5. The van der Waals surface area contributed by atoms with Gasteiger partial charge >= 0.3 is 11.8 Å². The number of carbonyl (C=O) groups excluding carboxylic acids is 2. The van der Waals surface area contributed by atoms with Gasteiger partial charge in [0.1, 0.15) is 11.6 Å². The summed E-state index contributed by atoms with van der Waals surface area (Å²) in [6.07, 6.45) is 1.43. The van der Waals surface area contributed by atoms with Crippen molar-refractivity contribution in [1.82, 2.24) is 29.5 Å². The third-order valence-electron chi connectivity index (χ3n) is 5.83. The van der Waals surface area contributed by atoms with Crippen LogP contribution in [-0.4, -0.2) is 69.1 Å². The van der Waals surface area contributed by atoms with E-state index in [0.717, 1.165) is 5.56 Å². The number of amides is 2. The maximum absolute atomic E-state index is 13.2. The molecule has 2 amide bonds. The second-order valence-corrected chi connectivity index (χ2v) is 8.38. The lowest BCUT2D eigenvalue weighted by atomic mass is 10.1. The molecule has 3 aromatic rings. The predicted molar refractivity (Wildman–Crippen MR) is 121 cm³/mol. The average Bonchev–Trinajstić information content (AvgIpc) is 3.51. The normalized spacial score (nSPS) is 15.3. The standard InChI is InChI=1S/C23H25FN6O5/c1-28(2)22(32)23(33)30-11-5-6-15(30)19-25-17(18(34-4)21(31)29(19)3)20-27-26-16(35-20)12-13-7-9-14(24)10-8-13/h7-10,15H,5-6,11-12H2,1-4H3/t15-/m0/s1. The molecule has 0 aliphatic carbocycles. The number of benzene rings is 1. The molecule has 1 saturated heterocycles. The molecule has 0 unspecified atom stereocenters. The zero-order valence-electron chi connectivity index (χ0n) is 19.8. The summed E-state index contributed by atoms with van der Waals surface area (Å²) in [4.78, 5) is 45.4. The topological polar surface area (TPSA) is 124 Å². The Labute approximate surface area is 200 Å². The van der Waals surface area contributed by atoms with E-state index in [-0.39, 0.29) is 41.3 Å². The second kappa shape index (κ2) is 9.65. The molecule has 0 saturated carbocycles. The third kappa shape index (κ3) is 4.63. The molecule has 184 valence electrons. The summed E-state index contributed by atoms with van der Waals surface area (Å²) >= 11 is 0. The zero-order chi connectivity index (χ0) is 25.3. The van der Waals surface area contributed by atoms with E-state index in [1.165, 1.54) is 54.8 Å². The van der Waals surface area contributed by atoms with Crippen LogP contribution in [0.5, 0.6) is 5.75 Å². The van der Waals surface area contributed by atoms with Crippen LogP contribution in [0.1, 0.15) is 36.2 Å². The molecule has 12 heteroatoms. The van der Waals surface area contributed by atoms with Crippen LogP contribution < -0.4 is 10.3 Å². The fourth-order valence-electron chi connectivity index (χ4n) is 4.01. The lowest BCUT2D eigenvalue weighted by molar-refractivity contribution is -0.151. The Hall–Kier alpha value is -4.09. The minimum absolute atomic E-state index is 0.0295. The van der Waals surface area contributed by atoms with Gasteiger partial charge in [-0.3, -0.25) is 19.0 Å². The molecule has 1 aliphatic rings. The van der Waals surface area contributed by atoms with Crippen LogP contribution in [0.15, 0.2) is 33.5 Å². The molecular weight excluding hydrogens is 459 g/mol. The summed E-state index contributed by atoms with van der Waals surface area (Å²) in [7, 11) is 5.87. The maximum atomic E-state index is 13.2. The number of aromatic nitrogens is 4. The summed E-state index contributed by atoms with van der Waals surface area (Å²) in [6, 6.07) is 5.29. The van der Waals surface area contributed by atoms with Gasteiger partial charge in [-0.15, -0.1) is 10.2 Å². The van der Waals surface area contributed by atoms with E-state index in [4.69, 9.17) is 9.15 Å². The number of likely N-dealkylation sites (N-methyl/N-ethyl adjacent to an activating group) is 1.